The lowest BCUT2D eigenvalue weighted by Crippen LogP contribution is -2.25. The fourth-order valence-corrected chi connectivity index (χ4v) is 5.55. The number of esters is 1. The summed E-state index contributed by atoms with van der Waals surface area (Å²) in [5.74, 6) is 0.379. The van der Waals surface area contributed by atoms with Gasteiger partial charge in [-0.25, -0.2) is 4.79 Å². The number of thioether (sulfide) groups is 1. The van der Waals surface area contributed by atoms with E-state index in [9.17, 15) is 13.2 Å². The molecule has 2 heterocycles. The number of benzene rings is 1. The highest BCUT2D eigenvalue weighted by molar-refractivity contribution is 8.13. The topological polar surface area (TPSA) is 89.8 Å². The van der Waals surface area contributed by atoms with Crippen LogP contribution in [-0.2, 0) is 27.3 Å². The Bertz CT molecular complexity index is 1040. The smallest absolute Gasteiger partial charge is 0.354 e. The van der Waals surface area contributed by atoms with Crippen molar-refractivity contribution in [2.75, 3.05) is 17.6 Å². The second-order valence-corrected chi connectivity index (χ2v) is 9.71. The zero-order valence-corrected chi connectivity index (χ0v) is 17.9. The number of rotatable bonds is 5. The molecule has 0 fully saturated rings. The molecule has 0 saturated carbocycles. The van der Waals surface area contributed by atoms with Crippen molar-refractivity contribution in [1.29, 1.82) is 0 Å². The summed E-state index contributed by atoms with van der Waals surface area (Å²) in [4.78, 5) is 16.5. The van der Waals surface area contributed by atoms with Gasteiger partial charge in [-0.1, -0.05) is 12.1 Å². The zero-order chi connectivity index (χ0) is 20.5. The van der Waals surface area contributed by atoms with Crippen LogP contribution in [0, 0.1) is 0 Å². The van der Waals surface area contributed by atoms with E-state index < -0.39 is 16.0 Å². The van der Waals surface area contributed by atoms with E-state index in [1.807, 2.05) is 25.1 Å². The summed E-state index contributed by atoms with van der Waals surface area (Å²) >= 11 is 1.73. The fraction of sp³-hybridized carbons (Fsp3) is 0.368. The number of carbonyl (C=O) groups excluding carboxylic acids is 1. The van der Waals surface area contributed by atoms with Crippen LogP contribution in [0.4, 0.5) is 5.69 Å². The molecule has 0 bridgehead atoms. The molecule has 1 N–H and O–H groups in total. The van der Waals surface area contributed by atoms with Crippen molar-refractivity contribution < 1.29 is 17.9 Å². The summed E-state index contributed by atoms with van der Waals surface area (Å²) in [6, 6.07) is 10.1. The molecule has 1 atom stereocenters. The summed E-state index contributed by atoms with van der Waals surface area (Å²) in [6.45, 7) is 4.05. The lowest BCUT2D eigenvalue weighted by molar-refractivity contribution is 0.0589. The van der Waals surface area contributed by atoms with Gasteiger partial charge in [0.05, 0.1) is 17.7 Å². The average molecular weight is 422 g/mol. The second-order valence-electron chi connectivity index (χ2n) is 6.80. The number of aromatic nitrogens is 1. The minimum Gasteiger partial charge on any atom is -0.464 e. The number of nitrogens with zero attached hydrogens (tertiary/aromatic N) is 2. The fourth-order valence-electron chi connectivity index (χ4n) is 3.24. The first-order valence-corrected chi connectivity index (χ1v) is 11.2. The Morgan fingerprint density at radius 3 is 2.75 bits per heavy atom. The minimum absolute atomic E-state index is 0.0209. The number of ether oxygens (including phenoxy) is 1. The van der Waals surface area contributed by atoms with Crippen LogP contribution in [0.3, 0.4) is 0 Å². The zero-order valence-electron chi connectivity index (χ0n) is 16.2. The maximum Gasteiger partial charge on any atom is 0.354 e. The Labute approximate surface area is 169 Å². The van der Waals surface area contributed by atoms with Gasteiger partial charge in [0.25, 0.3) is 10.0 Å². The van der Waals surface area contributed by atoms with Crippen molar-refractivity contribution in [1.82, 2.24) is 4.57 Å². The highest BCUT2D eigenvalue weighted by Crippen LogP contribution is 2.36. The lowest BCUT2D eigenvalue weighted by Gasteiger charge is -2.30. The summed E-state index contributed by atoms with van der Waals surface area (Å²) in [6.07, 6.45) is 0.880. The number of methoxy groups -OCH3 is 1. The quantitative estimate of drug-likeness (QED) is 0.748. The normalized spacial score (nSPS) is 19.8. The van der Waals surface area contributed by atoms with E-state index in [0.717, 1.165) is 22.8 Å². The van der Waals surface area contributed by atoms with Crippen molar-refractivity contribution in [3.63, 3.8) is 0 Å². The van der Waals surface area contributed by atoms with Crippen LogP contribution in [0.25, 0.3) is 0 Å². The van der Waals surface area contributed by atoms with Gasteiger partial charge in [-0.3, -0.25) is 9.71 Å². The monoisotopic (exact) mass is 421 g/mol. The molecule has 150 valence electrons. The van der Waals surface area contributed by atoms with E-state index >= 15 is 0 Å². The lowest BCUT2D eigenvalue weighted by atomic mass is 9.89. The molecule has 1 aromatic carbocycles. The van der Waals surface area contributed by atoms with E-state index in [1.54, 1.807) is 17.8 Å². The molecule has 0 saturated heterocycles. The SMILES string of the molecule is COC(=O)c1ccc(S(=O)(=O)Nc2cccc(C3(C)CCSC(C)=N3)c2)n1C. The van der Waals surface area contributed by atoms with Gasteiger partial charge in [0, 0.05) is 18.5 Å². The van der Waals surface area contributed by atoms with Crippen LogP contribution < -0.4 is 4.72 Å². The second kappa shape index (κ2) is 7.63. The summed E-state index contributed by atoms with van der Waals surface area (Å²) in [5, 5.41) is 1.01. The van der Waals surface area contributed by atoms with Crippen LogP contribution in [0.5, 0.6) is 0 Å². The predicted molar refractivity (Wildman–Crippen MR) is 112 cm³/mol. The highest BCUT2D eigenvalue weighted by atomic mass is 32.2. The molecular weight excluding hydrogens is 398 g/mol. The molecule has 0 radical (unpaired) electrons. The molecule has 0 aliphatic carbocycles. The first kappa shape index (κ1) is 20.5. The predicted octanol–water partition coefficient (Wildman–Crippen LogP) is 3.38. The molecule has 28 heavy (non-hydrogen) atoms. The summed E-state index contributed by atoms with van der Waals surface area (Å²) in [5.41, 5.74) is 1.19. The molecule has 2 aromatic rings. The number of hydrogen-bond donors (Lipinski definition) is 1. The number of aliphatic imine (C=N–C) groups is 1. The van der Waals surface area contributed by atoms with Gasteiger partial charge in [0.15, 0.2) is 5.03 Å². The van der Waals surface area contributed by atoms with Gasteiger partial charge in [-0.15, -0.1) is 11.8 Å². The molecular formula is C19H23N3O4S2. The molecule has 3 rings (SSSR count). The van der Waals surface area contributed by atoms with Gasteiger partial charge < -0.3 is 9.30 Å². The van der Waals surface area contributed by atoms with Crippen molar-refractivity contribution in [2.45, 2.75) is 30.8 Å². The largest absolute Gasteiger partial charge is 0.464 e. The first-order valence-electron chi connectivity index (χ1n) is 8.73. The van der Waals surface area contributed by atoms with Crippen LogP contribution >= 0.6 is 11.8 Å². The third kappa shape index (κ3) is 3.95. The maximum absolute atomic E-state index is 12.9. The van der Waals surface area contributed by atoms with Gasteiger partial charge in [0.2, 0.25) is 0 Å². The maximum atomic E-state index is 12.9. The van der Waals surface area contributed by atoms with Gasteiger partial charge >= 0.3 is 5.97 Å². The van der Waals surface area contributed by atoms with Crippen molar-refractivity contribution in [3.8, 4) is 0 Å². The van der Waals surface area contributed by atoms with Crippen molar-refractivity contribution >= 4 is 38.5 Å². The third-order valence-electron chi connectivity index (χ3n) is 4.79. The number of sulfonamides is 1. The molecule has 0 amide bonds. The average Bonchev–Trinajstić information content (AvgIpc) is 3.03. The van der Waals surface area contributed by atoms with Crippen LogP contribution in [0.2, 0.25) is 0 Å². The number of carbonyl (C=O) groups is 1. The third-order valence-corrected chi connectivity index (χ3v) is 7.17. The van der Waals surface area contributed by atoms with Gasteiger partial charge in [-0.2, -0.15) is 8.42 Å². The molecule has 1 aromatic heterocycles. The van der Waals surface area contributed by atoms with Crippen molar-refractivity contribution in [3.05, 3.63) is 47.7 Å². The highest BCUT2D eigenvalue weighted by Gasteiger charge is 2.29. The number of anilines is 1. The Hall–Kier alpha value is -2.26. The number of hydrogen-bond acceptors (Lipinski definition) is 6. The van der Waals surface area contributed by atoms with Crippen LogP contribution in [-0.4, -0.2) is 36.9 Å². The molecule has 1 aliphatic rings. The van der Waals surface area contributed by atoms with E-state index in [1.165, 1.54) is 30.9 Å². The number of nitrogens with one attached hydrogen (secondary N) is 1. The van der Waals surface area contributed by atoms with E-state index in [0.29, 0.717) is 5.69 Å². The van der Waals surface area contributed by atoms with Crippen LogP contribution in [0.15, 0.2) is 46.4 Å². The van der Waals surface area contributed by atoms with E-state index in [-0.39, 0.29) is 16.3 Å². The Balaban J connectivity index is 1.91. The minimum atomic E-state index is -3.88. The van der Waals surface area contributed by atoms with Gasteiger partial charge in [0.1, 0.15) is 5.69 Å². The molecule has 7 nitrogen and oxygen atoms in total. The Kier molecular flexibility index (Phi) is 5.58. The van der Waals surface area contributed by atoms with E-state index in [2.05, 4.69) is 16.4 Å². The Morgan fingerprint density at radius 2 is 2.07 bits per heavy atom. The summed E-state index contributed by atoms with van der Waals surface area (Å²) < 4.78 is 34.3. The van der Waals surface area contributed by atoms with Crippen LogP contribution in [0.1, 0.15) is 36.3 Å². The Morgan fingerprint density at radius 1 is 1.32 bits per heavy atom. The molecule has 0 spiro atoms. The van der Waals surface area contributed by atoms with E-state index in [4.69, 9.17) is 4.99 Å². The van der Waals surface area contributed by atoms with Gasteiger partial charge in [-0.05, 0) is 50.1 Å². The first-order chi connectivity index (χ1) is 13.2. The standard InChI is InChI=1S/C19H23N3O4S2/c1-13-20-19(2,10-11-27-13)14-6-5-7-15(12-14)21-28(24,25)17-9-8-16(22(17)3)18(23)26-4/h5-9,12,21H,10-11H2,1-4H3. The molecule has 9 heteroatoms. The summed E-state index contributed by atoms with van der Waals surface area (Å²) in [7, 11) is -1.12. The molecule has 1 aliphatic heterocycles. The molecule has 1 unspecified atom stereocenters. The van der Waals surface area contributed by atoms with Crippen molar-refractivity contribution in [2.24, 2.45) is 12.0 Å².